The Morgan fingerprint density at radius 2 is 1.78 bits per heavy atom. The maximum Gasteiger partial charge on any atom is 0.257 e. The first kappa shape index (κ1) is 18.8. The number of rotatable bonds is 8. The molecule has 0 aliphatic heterocycles. The van der Waals surface area contributed by atoms with Gasteiger partial charge in [0.15, 0.2) is 0 Å². The van der Waals surface area contributed by atoms with E-state index in [2.05, 4.69) is 27.1 Å². The lowest BCUT2D eigenvalue weighted by Crippen LogP contribution is -2.36. The van der Waals surface area contributed by atoms with Crippen molar-refractivity contribution in [2.45, 2.75) is 13.1 Å². The average Bonchev–Trinajstić information content (AvgIpc) is 3.14. The molecule has 0 saturated carbocycles. The van der Waals surface area contributed by atoms with E-state index in [1.165, 1.54) is 0 Å². The Kier molecular flexibility index (Phi) is 6.33. The normalized spacial score (nSPS) is 10.9. The van der Waals surface area contributed by atoms with Gasteiger partial charge in [-0.15, -0.1) is 0 Å². The molecule has 0 bridgehead atoms. The molecule has 0 unspecified atom stereocenters. The summed E-state index contributed by atoms with van der Waals surface area (Å²) < 4.78 is 1.80. The van der Waals surface area contributed by atoms with E-state index in [0.29, 0.717) is 25.2 Å². The van der Waals surface area contributed by atoms with Gasteiger partial charge in [-0.1, -0.05) is 36.4 Å². The Balaban J connectivity index is 1.72. The molecule has 6 nitrogen and oxygen atoms in total. The molecule has 0 aliphatic carbocycles. The van der Waals surface area contributed by atoms with Crippen molar-refractivity contribution in [3.05, 3.63) is 83.9 Å². The highest BCUT2D eigenvalue weighted by molar-refractivity contribution is 5.93. The van der Waals surface area contributed by atoms with Gasteiger partial charge in [0.05, 0.1) is 18.3 Å². The molecule has 0 saturated heterocycles. The van der Waals surface area contributed by atoms with E-state index in [9.17, 15) is 4.79 Å². The van der Waals surface area contributed by atoms with Gasteiger partial charge in [0, 0.05) is 38.2 Å². The van der Waals surface area contributed by atoms with Crippen molar-refractivity contribution in [2.24, 2.45) is 0 Å². The molecule has 2 aromatic heterocycles. The van der Waals surface area contributed by atoms with E-state index in [4.69, 9.17) is 0 Å². The summed E-state index contributed by atoms with van der Waals surface area (Å²) >= 11 is 0. The third-order valence-corrected chi connectivity index (χ3v) is 4.27. The van der Waals surface area contributed by atoms with Crippen LogP contribution in [0.5, 0.6) is 0 Å². The highest BCUT2D eigenvalue weighted by Gasteiger charge is 2.18. The number of benzene rings is 1. The highest BCUT2D eigenvalue weighted by atomic mass is 16.2. The maximum atomic E-state index is 13.1. The smallest absolute Gasteiger partial charge is 0.257 e. The fraction of sp³-hybridized carbons (Fsp3) is 0.286. The number of carbonyl (C=O) groups excluding carboxylic acids is 1. The van der Waals surface area contributed by atoms with Crippen LogP contribution in [0.15, 0.2) is 67.3 Å². The molecule has 1 amide bonds. The monoisotopic (exact) mass is 363 g/mol. The van der Waals surface area contributed by atoms with Crippen molar-refractivity contribution in [3.63, 3.8) is 0 Å². The van der Waals surface area contributed by atoms with Crippen molar-refractivity contribution in [2.75, 3.05) is 27.2 Å². The predicted octanol–water partition coefficient (Wildman–Crippen LogP) is 2.53. The second-order valence-corrected chi connectivity index (χ2v) is 6.80. The average molecular weight is 363 g/mol. The Bertz CT molecular complexity index is 845. The van der Waals surface area contributed by atoms with Crippen molar-refractivity contribution in [3.8, 4) is 0 Å². The van der Waals surface area contributed by atoms with Crippen LogP contribution in [0.4, 0.5) is 0 Å². The summed E-state index contributed by atoms with van der Waals surface area (Å²) in [6.45, 7) is 2.62. The largest absolute Gasteiger partial charge is 0.333 e. The number of pyridine rings is 1. The number of likely N-dealkylation sites (N-methyl/N-ethyl adjacent to an activating group) is 1. The van der Waals surface area contributed by atoms with Crippen LogP contribution >= 0.6 is 0 Å². The SMILES string of the molecule is CN(C)CCN(Cc1cccnc1)C(=O)c1cnn(Cc2ccccc2)c1. The fourth-order valence-electron chi connectivity index (χ4n) is 2.80. The molecule has 1 aromatic carbocycles. The number of amides is 1. The van der Waals surface area contributed by atoms with Gasteiger partial charge in [0.2, 0.25) is 0 Å². The van der Waals surface area contributed by atoms with Gasteiger partial charge >= 0.3 is 0 Å². The van der Waals surface area contributed by atoms with Crippen LogP contribution in [0.3, 0.4) is 0 Å². The summed E-state index contributed by atoms with van der Waals surface area (Å²) in [5.74, 6) is -0.0139. The van der Waals surface area contributed by atoms with Crippen molar-refractivity contribution < 1.29 is 4.79 Å². The molecule has 0 spiro atoms. The summed E-state index contributed by atoms with van der Waals surface area (Å²) in [7, 11) is 4.01. The molecule has 6 heteroatoms. The van der Waals surface area contributed by atoms with Crippen LogP contribution in [0, 0.1) is 0 Å². The topological polar surface area (TPSA) is 54.3 Å². The molecular formula is C21H25N5O. The van der Waals surface area contributed by atoms with Crippen LogP contribution in [0.2, 0.25) is 0 Å². The number of carbonyl (C=O) groups is 1. The number of hydrogen-bond acceptors (Lipinski definition) is 4. The third-order valence-electron chi connectivity index (χ3n) is 4.27. The molecule has 140 valence electrons. The first-order valence-corrected chi connectivity index (χ1v) is 9.01. The number of aromatic nitrogens is 3. The summed E-state index contributed by atoms with van der Waals surface area (Å²) in [6.07, 6.45) is 7.01. The highest BCUT2D eigenvalue weighted by Crippen LogP contribution is 2.10. The predicted molar refractivity (Wildman–Crippen MR) is 105 cm³/mol. The molecule has 3 rings (SSSR count). The van der Waals surface area contributed by atoms with Gasteiger partial charge in [-0.05, 0) is 31.3 Å². The zero-order chi connectivity index (χ0) is 19.1. The minimum atomic E-state index is -0.0139. The van der Waals surface area contributed by atoms with E-state index in [1.54, 1.807) is 23.3 Å². The number of hydrogen-bond donors (Lipinski definition) is 0. The lowest BCUT2D eigenvalue weighted by atomic mass is 10.2. The van der Waals surface area contributed by atoms with Gasteiger partial charge in [0.1, 0.15) is 0 Å². The van der Waals surface area contributed by atoms with Crippen LogP contribution < -0.4 is 0 Å². The standard InChI is InChI=1S/C21H25N5O/c1-24(2)11-12-25(15-19-9-6-10-22-13-19)21(27)20-14-23-26(17-20)16-18-7-4-3-5-8-18/h3-10,13-14,17H,11-12,15-16H2,1-2H3. The van der Waals surface area contributed by atoms with Crippen molar-refractivity contribution in [1.29, 1.82) is 0 Å². The molecule has 0 N–H and O–H groups in total. The van der Waals surface area contributed by atoms with Gasteiger partial charge in [-0.2, -0.15) is 5.10 Å². The zero-order valence-electron chi connectivity index (χ0n) is 15.8. The van der Waals surface area contributed by atoms with Crippen LogP contribution in [0.25, 0.3) is 0 Å². The van der Waals surface area contributed by atoms with E-state index in [0.717, 1.165) is 17.7 Å². The van der Waals surface area contributed by atoms with Crippen LogP contribution in [-0.4, -0.2) is 57.7 Å². The summed E-state index contributed by atoms with van der Waals surface area (Å²) in [6, 6.07) is 14.0. The molecule has 2 heterocycles. The number of nitrogens with zero attached hydrogens (tertiary/aromatic N) is 5. The molecule has 0 fully saturated rings. The van der Waals surface area contributed by atoms with Gasteiger partial charge < -0.3 is 9.80 Å². The second-order valence-electron chi connectivity index (χ2n) is 6.80. The quantitative estimate of drug-likeness (QED) is 0.617. The Labute approximate surface area is 160 Å². The maximum absolute atomic E-state index is 13.1. The molecule has 0 atom stereocenters. The van der Waals surface area contributed by atoms with Gasteiger partial charge in [0.25, 0.3) is 5.91 Å². The van der Waals surface area contributed by atoms with Crippen LogP contribution in [0.1, 0.15) is 21.5 Å². The third kappa shape index (κ3) is 5.49. The minimum Gasteiger partial charge on any atom is -0.333 e. The molecule has 27 heavy (non-hydrogen) atoms. The summed E-state index contributed by atoms with van der Waals surface area (Å²) in [4.78, 5) is 21.1. The van der Waals surface area contributed by atoms with Crippen molar-refractivity contribution >= 4 is 5.91 Å². The Hall–Kier alpha value is -2.99. The Morgan fingerprint density at radius 3 is 2.48 bits per heavy atom. The lowest BCUT2D eigenvalue weighted by Gasteiger charge is -2.24. The Morgan fingerprint density at radius 1 is 1.00 bits per heavy atom. The fourth-order valence-corrected chi connectivity index (χ4v) is 2.80. The van der Waals surface area contributed by atoms with Crippen LogP contribution in [-0.2, 0) is 13.1 Å². The molecule has 0 radical (unpaired) electrons. The zero-order valence-corrected chi connectivity index (χ0v) is 15.8. The van der Waals surface area contributed by atoms with E-state index in [1.807, 2.05) is 55.5 Å². The first-order chi connectivity index (χ1) is 13.1. The van der Waals surface area contributed by atoms with Gasteiger partial charge in [-0.3, -0.25) is 14.5 Å². The van der Waals surface area contributed by atoms with E-state index >= 15 is 0 Å². The minimum absolute atomic E-state index is 0.0139. The molecular weight excluding hydrogens is 338 g/mol. The molecule has 3 aromatic rings. The van der Waals surface area contributed by atoms with E-state index < -0.39 is 0 Å². The lowest BCUT2D eigenvalue weighted by molar-refractivity contribution is 0.0731. The van der Waals surface area contributed by atoms with Gasteiger partial charge in [-0.25, -0.2) is 0 Å². The summed E-state index contributed by atoms with van der Waals surface area (Å²) in [5, 5.41) is 4.36. The van der Waals surface area contributed by atoms with E-state index in [-0.39, 0.29) is 5.91 Å². The first-order valence-electron chi connectivity index (χ1n) is 9.01. The summed E-state index contributed by atoms with van der Waals surface area (Å²) in [5.41, 5.74) is 2.77. The second kappa shape index (κ2) is 9.09. The van der Waals surface area contributed by atoms with Crippen molar-refractivity contribution in [1.82, 2.24) is 24.6 Å². The molecule has 0 aliphatic rings.